The molecule has 1 aliphatic heterocycles. The number of nitrogens with zero attached hydrogens (tertiary/aromatic N) is 1. The summed E-state index contributed by atoms with van der Waals surface area (Å²) in [5.74, 6) is -0.826. The minimum absolute atomic E-state index is 0.438. The molecule has 1 N–H and O–H groups in total. The quantitative estimate of drug-likeness (QED) is 0.919. The molecule has 0 aromatic heterocycles. The van der Waals surface area contributed by atoms with E-state index in [0.717, 1.165) is 30.4 Å². The molecule has 0 spiro atoms. The summed E-state index contributed by atoms with van der Waals surface area (Å²) in [4.78, 5) is 13.6. The van der Waals surface area contributed by atoms with Crippen molar-refractivity contribution in [3.05, 3.63) is 35.4 Å². The molecule has 1 aromatic carbocycles. The zero-order valence-corrected chi connectivity index (χ0v) is 12.2. The molecule has 1 saturated heterocycles. The molecule has 1 aliphatic rings. The molecule has 3 nitrogen and oxygen atoms in total. The largest absolute Gasteiger partial charge is 0.478 e. The molecule has 1 aromatic rings. The second kappa shape index (κ2) is 6.96. The van der Waals surface area contributed by atoms with Gasteiger partial charge in [-0.3, -0.25) is 4.90 Å². The van der Waals surface area contributed by atoms with Crippen LogP contribution in [0.25, 0.3) is 0 Å². The van der Waals surface area contributed by atoms with Gasteiger partial charge in [-0.1, -0.05) is 18.2 Å². The monoisotopic (exact) mass is 279 g/mol. The third-order valence-electron chi connectivity index (χ3n) is 3.74. The Kier molecular flexibility index (Phi) is 5.28. The second-order valence-electron chi connectivity index (χ2n) is 5.03. The smallest absolute Gasteiger partial charge is 0.336 e. The number of thioether (sulfide) groups is 1. The lowest BCUT2D eigenvalue weighted by Gasteiger charge is -2.21. The Labute approximate surface area is 119 Å². The van der Waals surface area contributed by atoms with E-state index in [1.807, 2.05) is 23.9 Å². The maximum absolute atomic E-state index is 11.2. The van der Waals surface area contributed by atoms with Crippen molar-refractivity contribution < 1.29 is 9.90 Å². The van der Waals surface area contributed by atoms with Gasteiger partial charge < -0.3 is 5.11 Å². The van der Waals surface area contributed by atoms with Crippen LogP contribution in [-0.2, 0) is 6.54 Å². The first-order chi connectivity index (χ1) is 9.20. The van der Waals surface area contributed by atoms with Gasteiger partial charge in [-0.05, 0) is 50.2 Å². The van der Waals surface area contributed by atoms with Gasteiger partial charge in [-0.2, -0.15) is 11.8 Å². The van der Waals surface area contributed by atoms with Gasteiger partial charge in [0.15, 0.2) is 0 Å². The summed E-state index contributed by atoms with van der Waals surface area (Å²) in [6, 6.07) is 7.34. The third kappa shape index (κ3) is 3.98. The number of carboxylic acid groups (broad SMARTS) is 1. The number of hydrogen-bond donors (Lipinski definition) is 1. The molecule has 1 fully saturated rings. The maximum atomic E-state index is 11.2. The summed E-state index contributed by atoms with van der Waals surface area (Å²) in [6.07, 6.45) is 5.87. The summed E-state index contributed by atoms with van der Waals surface area (Å²) >= 11 is 1.95. The Morgan fingerprint density at radius 3 is 2.89 bits per heavy atom. The molecule has 1 atom stereocenters. The van der Waals surface area contributed by atoms with Gasteiger partial charge in [0.1, 0.15) is 0 Å². The van der Waals surface area contributed by atoms with Crippen molar-refractivity contribution in [2.24, 2.45) is 0 Å². The van der Waals surface area contributed by atoms with Crippen molar-refractivity contribution in [2.75, 3.05) is 19.3 Å². The van der Waals surface area contributed by atoms with Crippen LogP contribution in [0.2, 0.25) is 0 Å². The van der Waals surface area contributed by atoms with E-state index in [0.29, 0.717) is 5.56 Å². The normalized spacial score (nSPS) is 21.0. The first-order valence-electron chi connectivity index (χ1n) is 6.77. The molecular formula is C15H21NO2S. The Balaban J connectivity index is 2.03. The zero-order valence-electron chi connectivity index (χ0n) is 11.3. The Bertz CT molecular complexity index is 436. The molecule has 0 radical (unpaired) electrons. The molecule has 104 valence electrons. The fraction of sp³-hybridized carbons (Fsp3) is 0.533. The molecular weight excluding hydrogens is 258 g/mol. The van der Waals surface area contributed by atoms with Crippen LogP contribution in [0.1, 0.15) is 35.2 Å². The van der Waals surface area contributed by atoms with E-state index in [9.17, 15) is 9.90 Å². The van der Waals surface area contributed by atoms with Crippen LogP contribution in [0.4, 0.5) is 0 Å². The second-order valence-corrected chi connectivity index (χ2v) is 6.17. The van der Waals surface area contributed by atoms with Gasteiger partial charge in [0, 0.05) is 11.8 Å². The fourth-order valence-electron chi connectivity index (χ4n) is 2.63. The SMILES string of the molecule is CSC1CCCN(Cc2ccccc2C(=O)O)CC1. The first kappa shape index (κ1) is 14.4. The molecule has 1 unspecified atom stereocenters. The van der Waals surface area contributed by atoms with Gasteiger partial charge in [0.05, 0.1) is 5.56 Å². The maximum Gasteiger partial charge on any atom is 0.336 e. The summed E-state index contributed by atoms with van der Waals surface area (Å²) < 4.78 is 0. The van der Waals surface area contributed by atoms with Gasteiger partial charge in [-0.25, -0.2) is 4.79 Å². The molecule has 19 heavy (non-hydrogen) atoms. The van der Waals surface area contributed by atoms with Crippen LogP contribution in [0.3, 0.4) is 0 Å². The predicted molar refractivity (Wildman–Crippen MR) is 79.8 cm³/mol. The average Bonchev–Trinajstić information content (AvgIpc) is 2.64. The van der Waals surface area contributed by atoms with Gasteiger partial charge in [0.2, 0.25) is 0 Å². The van der Waals surface area contributed by atoms with E-state index < -0.39 is 5.97 Å². The van der Waals surface area contributed by atoms with E-state index in [1.165, 1.54) is 19.3 Å². The molecule has 0 bridgehead atoms. The van der Waals surface area contributed by atoms with Crippen molar-refractivity contribution in [1.29, 1.82) is 0 Å². The first-order valence-corrected chi connectivity index (χ1v) is 8.06. The lowest BCUT2D eigenvalue weighted by Crippen LogP contribution is -2.25. The Morgan fingerprint density at radius 1 is 1.37 bits per heavy atom. The summed E-state index contributed by atoms with van der Waals surface area (Å²) in [7, 11) is 0. The van der Waals surface area contributed by atoms with Crippen molar-refractivity contribution >= 4 is 17.7 Å². The van der Waals surface area contributed by atoms with Gasteiger partial charge in [-0.15, -0.1) is 0 Å². The Morgan fingerprint density at radius 2 is 2.16 bits per heavy atom. The molecule has 0 saturated carbocycles. The summed E-state index contributed by atoms with van der Waals surface area (Å²) in [6.45, 7) is 2.90. The minimum atomic E-state index is -0.826. The van der Waals surface area contributed by atoms with Crippen LogP contribution in [-0.4, -0.2) is 40.6 Å². The van der Waals surface area contributed by atoms with Gasteiger partial charge in [0.25, 0.3) is 0 Å². The highest BCUT2D eigenvalue weighted by Gasteiger charge is 2.18. The molecule has 0 amide bonds. The molecule has 0 aliphatic carbocycles. The minimum Gasteiger partial charge on any atom is -0.478 e. The highest BCUT2D eigenvalue weighted by atomic mass is 32.2. The van der Waals surface area contributed by atoms with Crippen LogP contribution in [0.5, 0.6) is 0 Å². The Hall–Kier alpha value is -1.00. The number of likely N-dealkylation sites (tertiary alicyclic amines) is 1. The number of benzene rings is 1. The number of carbonyl (C=O) groups is 1. The number of carboxylic acids is 1. The van der Waals surface area contributed by atoms with E-state index in [1.54, 1.807) is 12.1 Å². The van der Waals surface area contributed by atoms with Crippen molar-refractivity contribution in [2.45, 2.75) is 31.1 Å². The summed E-state index contributed by atoms with van der Waals surface area (Å²) in [5.41, 5.74) is 1.37. The molecule has 1 heterocycles. The van der Waals surface area contributed by atoms with Gasteiger partial charge >= 0.3 is 5.97 Å². The predicted octanol–water partition coefficient (Wildman–Crippen LogP) is 3.10. The standard InChI is InChI=1S/C15H21NO2S/c1-19-13-6-4-9-16(10-8-13)11-12-5-2-3-7-14(12)15(17)18/h2-3,5,7,13H,4,6,8-11H2,1H3,(H,17,18). The van der Waals surface area contributed by atoms with Crippen LogP contribution >= 0.6 is 11.8 Å². The van der Waals surface area contributed by atoms with Crippen LogP contribution < -0.4 is 0 Å². The molecule has 2 rings (SSSR count). The van der Waals surface area contributed by atoms with Crippen molar-refractivity contribution in [3.63, 3.8) is 0 Å². The fourth-order valence-corrected chi connectivity index (χ4v) is 3.37. The summed E-state index contributed by atoms with van der Waals surface area (Å²) in [5, 5.41) is 9.97. The third-order valence-corrected chi connectivity index (χ3v) is 4.88. The van der Waals surface area contributed by atoms with E-state index in [-0.39, 0.29) is 0 Å². The van der Waals surface area contributed by atoms with E-state index in [4.69, 9.17) is 0 Å². The zero-order chi connectivity index (χ0) is 13.7. The molecule has 4 heteroatoms. The van der Waals surface area contributed by atoms with Crippen LogP contribution in [0.15, 0.2) is 24.3 Å². The lowest BCUT2D eigenvalue weighted by molar-refractivity contribution is 0.0694. The number of rotatable bonds is 4. The topological polar surface area (TPSA) is 40.5 Å². The highest BCUT2D eigenvalue weighted by Crippen LogP contribution is 2.22. The van der Waals surface area contributed by atoms with Crippen LogP contribution in [0, 0.1) is 0 Å². The highest BCUT2D eigenvalue weighted by molar-refractivity contribution is 7.99. The lowest BCUT2D eigenvalue weighted by atomic mass is 10.1. The number of aromatic carboxylic acids is 1. The van der Waals surface area contributed by atoms with E-state index >= 15 is 0 Å². The van der Waals surface area contributed by atoms with Crippen molar-refractivity contribution in [3.8, 4) is 0 Å². The number of hydrogen-bond acceptors (Lipinski definition) is 3. The van der Waals surface area contributed by atoms with E-state index in [2.05, 4.69) is 11.2 Å². The van der Waals surface area contributed by atoms with Crippen molar-refractivity contribution in [1.82, 2.24) is 4.90 Å². The average molecular weight is 279 g/mol.